The average molecular weight is 434 g/mol. The summed E-state index contributed by atoms with van der Waals surface area (Å²) in [4.78, 5) is 13.9. The minimum absolute atomic E-state index is 0.0727. The molecule has 0 saturated heterocycles. The molecule has 0 amide bonds. The lowest BCUT2D eigenvalue weighted by molar-refractivity contribution is 0.00719. The van der Waals surface area contributed by atoms with E-state index in [1.165, 1.54) is 0 Å². The Labute approximate surface area is 185 Å². The van der Waals surface area contributed by atoms with Gasteiger partial charge in [0.05, 0.1) is 36.0 Å². The highest BCUT2D eigenvalue weighted by Gasteiger charge is 2.23. The first-order valence-corrected chi connectivity index (χ1v) is 11.0. The maximum absolute atomic E-state index is 8.93. The van der Waals surface area contributed by atoms with Crippen LogP contribution in [0.5, 0.6) is 0 Å². The SMILES string of the molecule is CNc1nc(NC2CCC(OCCO)CC2)nn2ccc(-c3ccc4ncccc4n3)c12. The second kappa shape index (κ2) is 9.05. The third-order valence-electron chi connectivity index (χ3n) is 5.93. The fraction of sp³-hybridized carbons (Fsp3) is 0.391. The normalized spacial score (nSPS) is 18.8. The van der Waals surface area contributed by atoms with Gasteiger partial charge in [-0.05, 0) is 56.0 Å². The zero-order valence-electron chi connectivity index (χ0n) is 18.0. The minimum atomic E-state index is 0.0727. The number of nitrogens with one attached hydrogen (secondary N) is 2. The maximum Gasteiger partial charge on any atom is 0.243 e. The third kappa shape index (κ3) is 4.09. The number of ether oxygens (including phenoxy) is 1. The predicted octanol–water partition coefficient (Wildman–Crippen LogP) is 3.11. The van der Waals surface area contributed by atoms with Gasteiger partial charge in [-0.2, -0.15) is 4.98 Å². The molecule has 0 spiro atoms. The summed E-state index contributed by atoms with van der Waals surface area (Å²) in [6.45, 7) is 0.482. The molecule has 5 rings (SSSR count). The van der Waals surface area contributed by atoms with Crippen LogP contribution in [0.3, 0.4) is 0 Å². The van der Waals surface area contributed by atoms with Crippen LogP contribution in [-0.4, -0.2) is 62.1 Å². The van der Waals surface area contributed by atoms with Crippen molar-refractivity contribution in [3.8, 4) is 11.3 Å². The van der Waals surface area contributed by atoms with Crippen LogP contribution in [0.25, 0.3) is 27.8 Å². The smallest absolute Gasteiger partial charge is 0.243 e. The fourth-order valence-electron chi connectivity index (χ4n) is 4.35. The molecule has 9 heteroatoms. The number of nitrogens with zero attached hydrogens (tertiary/aromatic N) is 5. The molecule has 166 valence electrons. The van der Waals surface area contributed by atoms with Crippen LogP contribution in [0.1, 0.15) is 25.7 Å². The molecule has 1 fully saturated rings. The van der Waals surface area contributed by atoms with E-state index in [0.717, 1.165) is 59.3 Å². The topological polar surface area (TPSA) is 109 Å². The molecule has 0 aliphatic heterocycles. The number of hydrogen-bond donors (Lipinski definition) is 3. The van der Waals surface area contributed by atoms with Gasteiger partial charge in [0.1, 0.15) is 5.52 Å². The quantitative estimate of drug-likeness (QED) is 0.408. The number of aromatic nitrogens is 5. The van der Waals surface area contributed by atoms with Crippen LogP contribution < -0.4 is 10.6 Å². The van der Waals surface area contributed by atoms with Gasteiger partial charge in [0.2, 0.25) is 5.95 Å². The van der Waals surface area contributed by atoms with E-state index < -0.39 is 0 Å². The first kappa shape index (κ1) is 20.6. The summed E-state index contributed by atoms with van der Waals surface area (Å²) in [5, 5.41) is 20.3. The van der Waals surface area contributed by atoms with Crippen molar-refractivity contribution < 1.29 is 9.84 Å². The molecule has 3 N–H and O–H groups in total. The number of fused-ring (bicyclic) bond motifs is 2. The molecule has 9 nitrogen and oxygen atoms in total. The zero-order chi connectivity index (χ0) is 21.9. The first-order chi connectivity index (χ1) is 15.7. The van der Waals surface area contributed by atoms with Gasteiger partial charge < -0.3 is 20.5 Å². The Hall–Kier alpha value is -3.30. The Morgan fingerprint density at radius 1 is 1.09 bits per heavy atom. The van der Waals surface area contributed by atoms with Crippen molar-refractivity contribution in [1.29, 1.82) is 0 Å². The van der Waals surface area contributed by atoms with Crippen molar-refractivity contribution in [2.75, 3.05) is 30.9 Å². The number of pyridine rings is 2. The van der Waals surface area contributed by atoms with Gasteiger partial charge in [0.25, 0.3) is 0 Å². The molecule has 4 aromatic rings. The van der Waals surface area contributed by atoms with Gasteiger partial charge in [-0.1, -0.05) is 0 Å². The Balaban J connectivity index is 1.39. The fourth-order valence-corrected chi connectivity index (χ4v) is 4.35. The number of aliphatic hydroxyl groups is 1. The molecule has 1 aliphatic rings. The first-order valence-electron chi connectivity index (χ1n) is 11.0. The van der Waals surface area contributed by atoms with Gasteiger partial charge in [-0.3, -0.25) is 4.98 Å². The molecule has 0 unspecified atom stereocenters. The Kier molecular flexibility index (Phi) is 5.83. The highest BCUT2D eigenvalue weighted by molar-refractivity contribution is 5.89. The van der Waals surface area contributed by atoms with Crippen molar-refractivity contribution >= 4 is 28.3 Å². The summed E-state index contributed by atoms with van der Waals surface area (Å²) in [6, 6.07) is 10.1. The van der Waals surface area contributed by atoms with Gasteiger partial charge in [0, 0.05) is 31.0 Å². The minimum Gasteiger partial charge on any atom is -0.394 e. The maximum atomic E-state index is 8.93. The van der Waals surface area contributed by atoms with E-state index in [0.29, 0.717) is 18.6 Å². The van der Waals surface area contributed by atoms with Crippen molar-refractivity contribution in [1.82, 2.24) is 24.6 Å². The molecule has 4 aromatic heterocycles. The van der Waals surface area contributed by atoms with Crippen molar-refractivity contribution in [3.63, 3.8) is 0 Å². The lowest BCUT2D eigenvalue weighted by Gasteiger charge is -2.29. The number of aliphatic hydroxyl groups excluding tert-OH is 1. The number of hydrogen-bond acceptors (Lipinski definition) is 8. The number of anilines is 2. The largest absolute Gasteiger partial charge is 0.394 e. The van der Waals surface area contributed by atoms with E-state index in [1.54, 1.807) is 6.20 Å². The van der Waals surface area contributed by atoms with Crippen LogP contribution in [0, 0.1) is 0 Å². The standard InChI is InChI=1S/C23H27N7O2/c1-24-22-21-17(18-8-9-19-20(27-18)3-2-11-25-19)10-12-30(21)29-23(28-22)26-15-4-6-16(7-5-15)32-14-13-31/h2-3,8-12,15-16,31H,4-7,13-14H2,1H3,(H2,24,26,28,29). The molecular weight excluding hydrogens is 406 g/mol. The van der Waals surface area contributed by atoms with Crippen LogP contribution >= 0.6 is 0 Å². The Bertz CT molecular complexity index is 1220. The van der Waals surface area contributed by atoms with Gasteiger partial charge >= 0.3 is 0 Å². The second-order valence-electron chi connectivity index (χ2n) is 8.01. The summed E-state index contributed by atoms with van der Waals surface area (Å²) in [5.74, 6) is 1.34. The monoisotopic (exact) mass is 433 g/mol. The third-order valence-corrected chi connectivity index (χ3v) is 5.93. The van der Waals surface area contributed by atoms with E-state index in [9.17, 15) is 0 Å². The van der Waals surface area contributed by atoms with E-state index in [1.807, 2.05) is 48.1 Å². The van der Waals surface area contributed by atoms with Crippen LogP contribution in [-0.2, 0) is 4.74 Å². The molecule has 0 aromatic carbocycles. The van der Waals surface area contributed by atoms with Crippen molar-refractivity contribution in [3.05, 3.63) is 42.7 Å². The van der Waals surface area contributed by atoms with E-state index >= 15 is 0 Å². The van der Waals surface area contributed by atoms with Crippen molar-refractivity contribution in [2.45, 2.75) is 37.8 Å². The van der Waals surface area contributed by atoms with Crippen molar-refractivity contribution in [2.24, 2.45) is 0 Å². The molecule has 32 heavy (non-hydrogen) atoms. The van der Waals surface area contributed by atoms with Crippen LogP contribution in [0.15, 0.2) is 42.7 Å². The van der Waals surface area contributed by atoms with Crippen LogP contribution in [0.2, 0.25) is 0 Å². The molecule has 0 bridgehead atoms. The van der Waals surface area contributed by atoms with E-state index in [4.69, 9.17) is 24.9 Å². The molecule has 1 aliphatic carbocycles. The summed E-state index contributed by atoms with van der Waals surface area (Å²) in [7, 11) is 1.87. The zero-order valence-corrected chi connectivity index (χ0v) is 18.0. The lowest BCUT2D eigenvalue weighted by Crippen LogP contribution is -2.31. The Morgan fingerprint density at radius 3 is 2.78 bits per heavy atom. The molecule has 4 heterocycles. The number of rotatable bonds is 7. The lowest BCUT2D eigenvalue weighted by atomic mass is 9.93. The summed E-state index contributed by atoms with van der Waals surface area (Å²) >= 11 is 0. The molecule has 0 radical (unpaired) electrons. The van der Waals surface area contributed by atoms with Gasteiger partial charge in [-0.25, -0.2) is 9.50 Å². The van der Waals surface area contributed by atoms with E-state index in [-0.39, 0.29) is 12.7 Å². The average Bonchev–Trinajstić information content (AvgIpc) is 3.27. The Morgan fingerprint density at radius 2 is 1.97 bits per heavy atom. The molecule has 1 saturated carbocycles. The summed E-state index contributed by atoms with van der Waals surface area (Å²) in [5.41, 5.74) is 4.43. The highest BCUT2D eigenvalue weighted by Crippen LogP contribution is 2.30. The molecular formula is C23H27N7O2. The molecule has 0 atom stereocenters. The van der Waals surface area contributed by atoms with Crippen LogP contribution in [0.4, 0.5) is 11.8 Å². The summed E-state index contributed by atoms with van der Waals surface area (Å²) in [6.07, 6.45) is 7.84. The van der Waals surface area contributed by atoms with Gasteiger partial charge in [-0.15, -0.1) is 5.10 Å². The highest BCUT2D eigenvalue weighted by atomic mass is 16.5. The van der Waals surface area contributed by atoms with E-state index in [2.05, 4.69) is 15.6 Å². The second-order valence-corrected chi connectivity index (χ2v) is 8.01. The predicted molar refractivity (Wildman–Crippen MR) is 124 cm³/mol. The summed E-state index contributed by atoms with van der Waals surface area (Å²) < 4.78 is 7.51. The van der Waals surface area contributed by atoms with Gasteiger partial charge in [0.15, 0.2) is 5.82 Å².